The van der Waals surface area contributed by atoms with E-state index in [0.29, 0.717) is 36.1 Å². The summed E-state index contributed by atoms with van der Waals surface area (Å²) in [4.78, 5) is 26.5. The standard InChI is InChI=1S/C19H18F2N4O2/c1-2-17-22-9-11-6-7-25(10-15(11)24-17)18(26)14-8-12-13(23-14)4-3-5-16(12)27-19(20)21/h3-5,8-9,19,23H,2,6-7,10H2,1H3. The maximum Gasteiger partial charge on any atom is 0.387 e. The van der Waals surface area contributed by atoms with E-state index in [-0.39, 0.29) is 11.7 Å². The molecule has 1 aliphatic rings. The summed E-state index contributed by atoms with van der Waals surface area (Å²) < 4.78 is 29.7. The van der Waals surface area contributed by atoms with E-state index >= 15 is 0 Å². The molecule has 1 amide bonds. The molecule has 1 aromatic carbocycles. The Kier molecular flexibility index (Phi) is 4.47. The lowest BCUT2D eigenvalue weighted by Crippen LogP contribution is -2.36. The first-order valence-corrected chi connectivity index (χ1v) is 8.74. The fraction of sp³-hybridized carbons (Fsp3) is 0.316. The highest BCUT2D eigenvalue weighted by Gasteiger charge is 2.25. The van der Waals surface area contributed by atoms with Crippen LogP contribution >= 0.6 is 0 Å². The van der Waals surface area contributed by atoms with E-state index in [4.69, 9.17) is 0 Å². The maximum atomic E-state index is 12.9. The van der Waals surface area contributed by atoms with Gasteiger partial charge >= 0.3 is 6.61 Å². The number of carbonyl (C=O) groups excluding carboxylic acids is 1. The van der Waals surface area contributed by atoms with Gasteiger partial charge in [0, 0.05) is 30.1 Å². The number of nitrogens with one attached hydrogen (secondary N) is 1. The lowest BCUT2D eigenvalue weighted by molar-refractivity contribution is -0.0487. The van der Waals surface area contributed by atoms with E-state index in [9.17, 15) is 13.6 Å². The summed E-state index contributed by atoms with van der Waals surface area (Å²) in [5.41, 5.74) is 2.83. The second-order valence-corrected chi connectivity index (χ2v) is 6.37. The third-order valence-electron chi connectivity index (χ3n) is 4.67. The van der Waals surface area contributed by atoms with Crippen LogP contribution in [0.4, 0.5) is 8.78 Å². The van der Waals surface area contributed by atoms with Gasteiger partial charge in [-0.15, -0.1) is 0 Å². The van der Waals surface area contributed by atoms with Gasteiger partial charge in [-0.25, -0.2) is 9.97 Å². The van der Waals surface area contributed by atoms with E-state index in [1.165, 1.54) is 6.07 Å². The van der Waals surface area contributed by atoms with Crippen LogP contribution in [0.5, 0.6) is 5.75 Å². The van der Waals surface area contributed by atoms with Crippen molar-refractivity contribution >= 4 is 16.8 Å². The number of hydrogen-bond donors (Lipinski definition) is 1. The van der Waals surface area contributed by atoms with Crippen LogP contribution in [0.25, 0.3) is 10.9 Å². The second-order valence-electron chi connectivity index (χ2n) is 6.37. The molecule has 0 radical (unpaired) electrons. The van der Waals surface area contributed by atoms with Crippen LogP contribution in [0.1, 0.15) is 34.5 Å². The van der Waals surface area contributed by atoms with Crippen LogP contribution in [0.2, 0.25) is 0 Å². The van der Waals surface area contributed by atoms with Crippen molar-refractivity contribution in [2.45, 2.75) is 32.9 Å². The van der Waals surface area contributed by atoms with Gasteiger partial charge in [-0.05, 0) is 30.2 Å². The summed E-state index contributed by atoms with van der Waals surface area (Å²) >= 11 is 0. The molecule has 0 saturated carbocycles. The molecule has 27 heavy (non-hydrogen) atoms. The number of rotatable bonds is 4. The first kappa shape index (κ1) is 17.4. The molecule has 0 spiro atoms. The number of amides is 1. The molecule has 0 fully saturated rings. The number of hydrogen-bond acceptors (Lipinski definition) is 4. The van der Waals surface area contributed by atoms with Gasteiger partial charge in [-0.1, -0.05) is 13.0 Å². The smallest absolute Gasteiger partial charge is 0.387 e. The molecule has 3 aromatic rings. The van der Waals surface area contributed by atoms with Gasteiger partial charge in [0.2, 0.25) is 0 Å². The first-order chi connectivity index (χ1) is 13.0. The highest BCUT2D eigenvalue weighted by atomic mass is 19.3. The Morgan fingerprint density at radius 3 is 3.04 bits per heavy atom. The van der Waals surface area contributed by atoms with Crippen molar-refractivity contribution in [1.82, 2.24) is 19.9 Å². The zero-order valence-corrected chi connectivity index (χ0v) is 14.7. The fourth-order valence-corrected chi connectivity index (χ4v) is 3.30. The number of alkyl halides is 2. The zero-order chi connectivity index (χ0) is 19.0. The third-order valence-corrected chi connectivity index (χ3v) is 4.67. The van der Waals surface area contributed by atoms with Crippen LogP contribution in [-0.4, -0.2) is 38.9 Å². The molecule has 0 bridgehead atoms. The fourth-order valence-electron chi connectivity index (χ4n) is 3.30. The van der Waals surface area contributed by atoms with Crippen molar-refractivity contribution in [3.63, 3.8) is 0 Å². The number of aromatic nitrogens is 3. The topological polar surface area (TPSA) is 71.1 Å². The summed E-state index contributed by atoms with van der Waals surface area (Å²) in [5.74, 6) is 0.598. The zero-order valence-electron chi connectivity index (χ0n) is 14.7. The summed E-state index contributed by atoms with van der Waals surface area (Å²) in [6.07, 6.45) is 3.25. The molecule has 1 N–H and O–H groups in total. The van der Waals surface area contributed by atoms with Gasteiger partial charge in [-0.2, -0.15) is 8.78 Å². The lowest BCUT2D eigenvalue weighted by Gasteiger charge is -2.27. The summed E-state index contributed by atoms with van der Waals surface area (Å²) in [5, 5.41) is 0.453. The Bertz CT molecular complexity index is 1000. The summed E-state index contributed by atoms with van der Waals surface area (Å²) in [6.45, 7) is 0.0167. The molecule has 0 saturated heterocycles. The van der Waals surface area contributed by atoms with E-state index in [1.54, 1.807) is 23.1 Å². The van der Waals surface area contributed by atoms with Crippen molar-refractivity contribution in [2.24, 2.45) is 0 Å². The van der Waals surface area contributed by atoms with Crippen LogP contribution in [0, 0.1) is 0 Å². The lowest BCUT2D eigenvalue weighted by atomic mass is 10.1. The largest absolute Gasteiger partial charge is 0.434 e. The Labute approximate surface area is 154 Å². The molecule has 8 heteroatoms. The average molecular weight is 372 g/mol. The van der Waals surface area contributed by atoms with Gasteiger partial charge in [-0.3, -0.25) is 4.79 Å². The van der Waals surface area contributed by atoms with Crippen LogP contribution < -0.4 is 4.74 Å². The number of nitrogens with zero attached hydrogens (tertiary/aromatic N) is 3. The molecule has 4 rings (SSSR count). The van der Waals surface area contributed by atoms with Crippen molar-refractivity contribution in [2.75, 3.05) is 6.54 Å². The minimum Gasteiger partial charge on any atom is -0.434 e. The van der Waals surface area contributed by atoms with Crippen molar-refractivity contribution < 1.29 is 18.3 Å². The molecular formula is C19H18F2N4O2. The van der Waals surface area contributed by atoms with Gasteiger partial charge in [0.05, 0.1) is 12.2 Å². The van der Waals surface area contributed by atoms with Crippen molar-refractivity contribution in [3.8, 4) is 5.75 Å². The number of fused-ring (bicyclic) bond motifs is 2. The molecule has 140 valence electrons. The highest BCUT2D eigenvalue weighted by molar-refractivity contribution is 5.99. The van der Waals surface area contributed by atoms with Crippen molar-refractivity contribution in [3.05, 3.63) is 53.2 Å². The van der Waals surface area contributed by atoms with Gasteiger partial charge < -0.3 is 14.6 Å². The average Bonchev–Trinajstić information content (AvgIpc) is 3.11. The molecular weight excluding hydrogens is 354 g/mol. The minimum atomic E-state index is -2.92. The van der Waals surface area contributed by atoms with Crippen LogP contribution in [0.3, 0.4) is 0 Å². The Balaban J connectivity index is 1.61. The predicted octanol–water partition coefficient (Wildman–Crippen LogP) is 3.32. The number of H-pyrrole nitrogens is 1. The molecule has 6 nitrogen and oxygen atoms in total. The number of carbonyl (C=O) groups is 1. The number of halogens is 2. The first-order valence-electron chi connectivity index (χ1n) is 8.74. The SMILES string of the molecule is CCc1ncc2c(n1)CN(C(=O)c1cc3c(OC(F)F)cccc3[nH]1)CC2. The number of benzene rings is 1. The van der Waals surface area contributed by atoms with Gasteiger partial charge in [0.25, 0.3) is 5.91 Å². The monoisotopic (exact) mass is 372 g/mol. The molecule has 0 unspecified atom stereocenters. The van der Waals surface area contributed by atoms with E-state index in [0.717, 1.165) is 23.5 Å². The molecule has 1 aliphatic heterocycles. The van der Waals surface area contributed by atoms with Crippen molar-refractivity contribution in [1.29, 1.82) is 0 Å². The van der Waals surface area contributed by atoms with Crippen LogP contribution in [0.15, 0.2) is 30.5 Å². The Morgan fingerprint density at radius 1 is 1.41 bits per heavy atom. The predicted molar refractivity (Wildman–Crippen MR) is 94.8 cm³/mol. The third kappa shape index (κ3) is 3.34. The Morgan fingerprint density at radius 2 is 2.26 bits per heavy atom. The highest BCUT2D eigenvalue weighted by Crippen LogP contribution is 2.28. The van der Waals surface area contributed by atoms with Gasteiger partial charge in [0.1, 0.15) is 17.3 Å². The number of ether oxygens (including phenoxy) is 1. The number of aromatic amines is 1. The molecule has 3 heterocycles. The molecule has 2 aromatic heterocycles. The van der Waals surface area contributed by atoms with Gasteiger partial charge in [0.15, 0.2) is 0 Å². The van der Waals surface area contributed by atoms with Crippen LogP contribution in [-0.2, 0) is 19.4 Å². The summed E-state index contributed by atoms with van der Waals surface area (Å²) in [6, 6.07) is 6.33. The summed E-state index contributed by atoms with van der Waals surface area (Å²) in [7, 11) is 0. The molecule has 0 aliphatic carbocycles. The van der Waals surface area contributed by atoms with E-state index < -0.39 is 6.61 Å². The minimum absolute atomic E-state index is 0.0436. The number of aryl methyl sites for hydroxylation is 1. The second kappa shape index (κ2) is 6.94. The molecule has 0 atom stereocenters. The van der Waals surface area contributed by atoms with E-state index in [1.807, 2.05) is 13.1 Å². The quantitative estimate of drug-likeness (QED) is 0.763. The normalized spacial score (nSPS) is 13.9. The maximum absolute atomic E-state index is 12.9. The Hall–Kier alpha value is -3.03. The van der Waals surface area contributed by atoms with E-state index in [2.05, 4.69) is 19.7 Å².